The Morgan fingerprint density at radius 1 is 1.08 bits per heavy atom. The maximum absolute atomic E-state index is 12.9. The van der Waals surface area contributed by atoms with Gasteiger partial charge in [-0.05, 0) is 53.8 Å². The number of furan rings is 2. The van der Waals surface area contributed by atoms with E-state index in [1.165, 1.54) is 35.8 Å². The number of thioether (sulfide) groups is 1. The number of methoxy groups -OCH3 is 1. The number of hydrogen-bond donors (Lipinski definition) is 2. The molecule has 5 aromatic rings. The van der Waals surface area contributed by atoms with E-state index in [0.717, 1.165) is 28.8 Å². The molecule has 4 heterocycles. The summed E-state index contributed by atoms with van der Waals surface area (Å²) in [6.45, 7) is 0. The maximum atomic E-state index is 12.9. The molecule has 1 amide bonds. The summed E-state index contributed by atoms with van der Waals surface area (Å²) in [4.78, 5) is 34.6. The first-order valence-corrected chi connectivity index (χ1v) is 13.8. The van der Waals surface area contributed by atoms with Crippen LogP contribution in [0.3, 0.4) is 0 Å². The molecule has 0 saturated carbocycles. The Morgan fingerprint density at radius 2 is 1.87 bits per heavy atom. The van der Waals surface area contributed by atoms with Crippen LogP contribution >= 0.6 is 23.1 Å². The fourth-order valence-electron chi connectivity index (χ4n) is 4.59. The van der Waals surface area contributed by atoms with Gasteiger partial charge < -0.3 is 23.9 Å². The van der Waals surface area contributed by atoms with Crippen molar-refractivity contribution in [1.29, 1.82) is 0 Å². The SMILES string of the molecule is COC(=O)c1c(NC(=O)CCSc2nc(-c3ccco3)c(-c3ccco3)[nH]2)sc2c1CCc1ccccc1-2. The molecule has 0 bridgehead atoms. The summed E-state index contributed by atoms with van der Waals surface area (Å²) < 4.78 is 16.2. The second kappa shape index (κ2) is 10.4. The number of benzene rings is 1. The predicted octanol–water partition coefficient (Wildman–Crippen LogP) is 6.66. The van der Waals surface area contributed by atoms with Crippen molar-refractivity contribution in [2.75, 3.05) is 18.2 Å². The van der Waals surface area contributed by atoms with E-state index in [2.05, 4.69) is 27.4 Å². The number of imidazole rings is 1. The molecule has 8 nitrogen and oxygen atoms in total. The minimum atomic E-state index is -0.432. The Morgan fingerprint density at radius 3 is 2.63 bits per heavy atom. The smallest absolute Gasteiger partial charge is 0.341 e. The van der Waals surface area contributed by atoms with Crippen molar-refractivity contribution >= 4 is 40.0 Å². The first-order chi connectivity index (χ1) is 18.6. The van der Waals surface area contributed by atoms with Crippen molar-refractivity contribution in [3.8, 4) is 33.3 Å². The normalized spacial score (nSPS) is 12.1. The van der Waals surface area contributed by atoms with Crippen LogP contribution in [0.1, 0.15) is 27.9 Å². The van der Waals surface area contributed by atoms with Gasteiger partial charge in [-0.25, -0.2) is 9.78 Å². The summed E-state index contributed by atoms with van der Waals surface area (Å²) in [6.07, 6.45) is 5.00. The van der Waals surface area contributed by atoms with Crippen molar-refractivity contribution < 1.29 is 23.2 Å². The van der Waals surface area contributed by atoms with Crippen LogP contribution in [0.25, 0.3) is 33.3 Å². The number of ether oxygens (including phenoxy) is 1. The molecule has 0 saturated heterocycles. The molecular weight excluding hydrogens is 522 g/mol. The van der Waals surface area contributed by atoms with Crippen LogP contribution in [0, 0.1) is 0 Å². The molecule has 2 N–H and O–H groups in total. The van der Waals surface area contributed by atoms with Crippen LogP contribution in [0.2, 0.25) is 0 Å². The van der Waals surface area contributed by atoms with E-state index in [9.17, 15) is 9.59 Å². The zero-order valence-electron chi connectivity index (χ0n) is 20.4. The highest BCUT2D eigenvalue weighted by Crippen LogP contribution is 2.45. The first kappa shape index (κ1) is 24.3. The predicted molar refractivity (Wildman–Crippen MR) is 146 cm³/mol. The van der Waals surface area contributed by atoms with E-state index in [1.807, 2.05) is 30.3 Å². The second-order valence-electron chi connectivity index (χ2n) is 8.63. The molecular formula is C28H23N3O5S2. The molecule has 0 atom stereocenters. The standard InChI is InChI=1S/C28H23N3O5S2/c1-34-27(33)22-18-11-10-16-6-2-3-7-17(16)25(18)38-26(22)29-21(32)12-15-37-28-30-23(19-8-4-13-35-19)24(31-28)20-9-5-14-36-20/h2-9,13-14H,10-12,15H2,1H3,(H,29,32)(H,30,31). The summed E-state index contributed by atoms with van der Waals surface area (Å²) >= 11 is 2.85. The Bertz CT molecular complexity index is 1550. The summed E-state index contributed by atoms with van der Waals surface area (Å²) in [7, 11) is 1.36. The molecule has 1 aliphatic carbocycles. The number of aromatic nitrogens is 2. The van der Waals surface area contributed by atoms with Crippen molar-refractivity contribution in [3.05, 3.63) is 77.7 Å². The molecule has 0 fully saturated rings. The number of aryl methyl sites for hydroxylation is 1. The van der Waals surface area contributed by atoms with Gasteiger partial charge in [0.25, 0.3) is 0 Å². The summed E-state index contributed by atoms with van der Waals surface area (Å²) in [5.41, 5.74) is 5.11. The Hall–Kier alpha value is -4.02. The molecule has 0 aliphatic heterocycles. The zero-order valence-corrected chi connectivity index (χ0v) is 22.0. The van der Waals surface area contributed by atoms with Crippen LogP contribution in [0.5, 0.6) is 0 Å². The number of H-pyrrole nitrogens is 1. The van der Waals surface area contributed by atoms with Crippen LogP contribution in [-0.2, 0) is 22.4 Å². The topological polar surface area (TPSA) is 110 Å². The summed E-state index contributed by atoms with van der Waals surface area (Å²) in [5.74, 6) is 1.13. The van der Waals surface area contributed by atoms with E-state index >= 15 is 0 Å². The highest BCUT2D eigenvalue weighted by Gasteiger charge is 2.29. The summed E-state index contributed by atoms with van der Waals surface area (Å²) in [5, 5.41) is 4.15. The second-order valence-corrected chi connectivity index (χ2v) is 10.7. The number of nitrogens with one attached hydrogen (secondary N) is 2. The molecule has 4 aromatic heterocycles. The molecule has 1 aromatic carbocycles. The summed E-state index contributed by atoms with van der Waals surface area (Å²) in [6, 6.07) is 15.5. The minimum absolute atomic E-state index is 0.182. The fraction of sp³-hybridized carbons (Fsp3) is 0.179. The minimum Gasteiger partial charge on any atom is -0.465 e. The molecule has 6 rings (SSSR count). The van der Waals surface area contributed by atoms with Gasteiger partial charge in [0, 0.05) is 17.1 Å². The van der Waals surface area contributed by atoms with Gasteiger partial charge in [-0.1, -0.05) is 36.0 Å². The Labute approximate surface area is 226 Å². The number of anilines is 1. The lowest BCUT2D eigenvalue weighted by Crippen LogP contribution is -2.15. The number of carbonyl (C=O) groups is 2. The Balaban J connectivity index is 1.17. The molecule has 0 radical (unpaired) electrons. The van der Waals surface area contributed by atoms with Gasteiger partial charge in [-0.2, -0.15) is 0 Å². The average molecular weight is 546 g/mol. The van der Waals surface area contributed by atoms with Crippen LogP contribution in [0.15, 0.2) is 75.0 Å². The van der Waals surface area contributed by atoms with Gasteiger partial charge >= 0.3 is 5.97 Å². The average Bonchev–Trinajstić information content (AvgIpc) is 3.74. The number of nitrogens with zero attached hydrogens (tertiary/aromatic N) is 1. The third-order valence-corrected chi connectivity index (χ3v) is 8.38. The van der Waals surface area contributed by atoms with E-state index in [-0.39, 0.29) is 12.3 Å². The van der Waals surface area contributed by atoms with Crippen molar-refractivity contribution in [1.82, 2.24) is 9.97 Å². The van der Waals surface area contributed by atoms with Gasteiger partial charge in [-0.3, -0.25) is 4.79 Å². The lowest BCUT2D eigenvalue weighted by molar-refractivity contribution is -0.115. The number of rotatable bonds is 8. The van der Waals surface area contributed by atoms with Crippen LogP contribution in [-0.4, -0.2) is 34.7 Å². The van der Waals surface area contributed by atoms with E-state index in [4.69, 9.17) is 13.6 Å². The third-order valence-electron chi connectivity index (χ3n) is 6.33. The molecule has 1 aliphatic rings. The van der Waals surface area contributed by atoms with Gasteiger partial charge in [0.15, 0.2) is 16.7 Å². The highest BCUT2D eigenvalue weighted by molar-refractivity contribution is 7.99. The van der Waals surface area contributed by atoms with Gasteiger partial charge in [0.1, 0.15) is 16.4 Å². The van der Waals surface area contributed by atoms with Crippen molar-refractivity contribution in [3.63, 3.8) is 0 Å². The van der Waals surface area contributed by atoms with E-state index in [1.54, 1.807) is 18.6 Å². The zero-order chi connectivity index (χ0) is 26.1. The number of carbonyl (C=O) groups excluding carboxylic acids is 2. The lowest BCUT2D eigenvalue weighted by Gasteiger charge is -2.16. The van der Waals surface area contributed by atoms with Crippen molar-refractivity contribution in [2.24, 2.45) is 0 Å². The van der Waals surface area contributed by atoms with E-state index in [0.29, 0.717) is 44.4 Å². The van der Waals surface area contributed by atoms with Crippen molar-refractivity contribution in [2.45, 2.75) is 24.4 Å². The lowest BCUT2D eigenvalue weighted by atomic mass is 9.89. The molecule has 0 spiro atoms. The third kappa shape index (κ3) is 4.57. The Kier molecular flexibility index (Phi) is 6.65. The number of thiophene rings is 1. The van der Waals surface area contributed by atoms with Gasteiger partial charge in [0.2, 0.25) is 5.91 Å². The highest BCUT2D eigenvalue weighted by atomic mass is 32.2. The number of esters is 1. The fourth-order valence-corrected chi connectivity index (χ4v) is 6.71. The number of aromatic amines is 1. The number of fused-ring (bicyclic) bond motifs is 3. The quantitative estimate of drug-likeness (QED) is 0.166. The van der Waals surface area contributed by atoms with Crippen LogP contribution < -0.4 is 5.32 Å². The molecule has 0 unspecified atom stereocenters. The molecule has 38 heavy (non-hydrogen) atoms. The number of amides is 1. The maximum Gasteiger partial charge on any atom is 0.341 e. The van der Waals surface area contributed by atoms with Crippen LogP contribution in [0.4, 0.5) is 5.00 Å². The van der Waals surface area contributed by atoms with E-state index < -0.39 is 5.97 Å². The largest absolute Gasteiger partial charge is 0.465 e. The number of hydrogen-bond acceptors (Lipinski definition) is 8. The molecule has 192 valence electrons. The first-order valence-electron chi connectivity index (χ1n) is 12.0. The van der Waals surface area contributed by atoms with Gasteiger partial charge in [-0.15, -0.1) is 11.3 Å². The monoisotopic (exact) mass is 545 g/mol. The van der Waals surface area contributed by atoms with Gasteiger partial charge in [0.05, 0.1) is 25.2 Å². The molecule has 10 heteroatoms.